The Hall–Kier alpha value is 3.13. The van der Waals surface area contributed by atoms with Gasteiger partial charge in [-0.3, -0.25) is 0 Å². The maximum Gasteiger partial charge on any atom is 2.00 e. The molecule has 2 radical (unpaired) electrons. The molecule has 0 saturated carbocycles. The van der Waals surface area contributed by atoms with Crippen molar-refractivity contribution in [2.45, 2.75) is 0 Å². The first-order chi connectivity index (χ1) is 0. The first kappa shape index (κ1) is 153. The summed E-state index contributed by atoms with van der Waals surface area (Å²) >= 11 is 0. The Bertz CT molecular complexity index is 8.88. The van der Waals surface area contributed by atoms with Crippen LogP contribution in [0, 0.1) is 0 Å². The summed E-state index contributed by atoms with van der Waals surface area (Å²) < 4.78 is 0. The molecule has 70 valence electrons. The molecule has 0 aromatic carbocycles. The summed E-state index contributed by atoms with van der Waals surface area (Å²) in [7, 11) is 0. The Labute approximate surface area is 121 Å². The molecule has 0 bridgehead atoms. The summed E-state index contributed by atoms with van der Waals surface area (Å²) in [6, 6.07) is 0. The smallest absolute Gasteiger partial charge is 1.00 e. The van der Waals surface area contributed by atoms with Crippen molar-refractivity contribution in [3.05, 3.63) is 0 Å². The second-order valence-corrected chi connectivity index (χ2v) is 0. The molecule has 0 aliphatic heterocycles. The van der Waals surface area contributed by atoms with E-state index in [2.05, 4.69) is 0 Å². The van der Waals surface area contributed by atoms with Gasteiger partial charge >= 0.3 is 17.1 Å². The van der Waals surface area contributed by atoms with Crippen molar-refractivity contribution in [1.29, 1.82) is 0 Å². The molecule has 0 N–H and O–H groups in total. The molecule has 0 rings (SSSR count). The fourth-order valence-corrected chi connectivity index (χ4v) is 0. The largest absolute Gasteiger partial charge is 2.00 e. The van der Waals surface area contributed by atoms with E-state index in [0.29, 0.717) is 0 Å². The average Bonchev–Trinajstić information content (AvgIpc) is 0. The van der Waals surface area contributed by atoms with E-state index in [1.807, 2.05) is 0 Å². The molecule has 0 aliphatic carbocycles. The van der Waals surface area contributed by atoms with Crippen LogP contribution in [0.5, 0.6) is 0 Å². The van der Waals surface area contributed by atoms with Crippen molar-refractivity contribution in [2.75, 3.05) is 0 Å². The van der Waals surface area contributed by atoms with Crippen molar-refractivity contribution in [2.24, 2.45) is 0 Å². The molecule has 0 amide bonds. The number of halogens is 7. The molecule has 0 nitrogen and oxygen atoms in total. The maximum absolute atomic E-state index is 0. The van der Waals surface area contributed by atoms with Gasteiger partial charge < -0.3 is 86.8 Å². The Kier molecular flexibility index (Phi) is 1980. The van der Waals surface area contributed by atoms with Gasteiger partial charge in [-0.05, 0) is 0 Å². The van der Waals surface area contributed by atoms with E-state index in [-0.39, 0.29) is 122 Å². The van der Waals surface area contributed by atoms with Gasteiger partial charge in [0.1, 0.15) is 0 Å². The minimum atomic E-state index is 0. The predicted molar refractivity (Wildman–Crippen MR) is 0 cm³/mol. The Morgan fingerprint density at radius 2 is 0.333 bits per heavy atom. The van der Waals surface area contributed by atoms with Crippen LogP contribution in [-0.2, 0) is 35.6 Å². The SMILES string of the molecule is [Cl-].[Cl-].[Cl-].[Cl-].[Cl-].[Cl-].[Cl-].[Cu+2].[V]. The second-order valence-electron chi connectivity index (χ2n) is 0. The van der Waals surface area contributed by atoms with Gasteiger partial charge in [-0.1, -0.05) is 0 Å². The van der Waals surface area contributed by atoms with Crippen molar-refractivity contribution in [1.82, 2.24) is 0 Å². The Morgan fingerprint density at radius 3 is 0.333 bits per heavy atom. The maximum atomic E-state index is 0. The van der Waals surface area contributed by atoms with E-state index in [9.17, 15) is 0 Å². The van der Waals surface area contributed by atoms with Crippen LogP contribution >= 0.6 is 0 Å². The van der Waals surface area contributed by atoms with E-state index >= 15 is 0 Å². The van der Waals surface area contributed by atoms with Crippen molar-refractivity contribution in [3.8, 4) is 0 Å². The van der Waals surface area contributed by atoms with E-state index < -0.39 is 0 Å². The summed E-state index contributed by atoms with van der Waals surface area (Å²) in [5.74, 6) is 0. The number of hydrogen-bond donors (Lipinski definition) is 0. The summed E-state index contributed by atoms with van der Waals surface area (Å²) in [5, 5.41) is 0. The van der Waals surface area contributed by atoms with E-state index in [1.165, 1.54) is 0 Å². The molecule has 9 heavy (non-hydrogen) atoms. The van der Waals surface area contributed by atoms with E-state index in [4.69, 9.17) is 0 Å². The molecule has 0 aliphatic rings. The summed E-state index contributed by atoms with van der Waals surface area (Å²) in [4.78, 5) is 0. The zero-order valence-corrected chi connectivity index (χ0v) is 11.0. The molecule has 0 saturated heterocycles. The van der Waals surface area contributed by atoms with Crippen LogP contribution in [0.4, 0.5) is 0 Å². The van der Waals surface area contributed by atoms with Crippen molar-refractivity contribution in [3.63, 3.8) is 0 Å². The molecule has 0 aromatic heterocycles. The summed E-state index contributed by atoms with van der Waals surface area (Å²) in [5.41, 5.74) is 0. The van der Waals surface area contributed by atoms with Crippen LogP contribution in [0.3, 0.4) is 0 Å². The van der Waals surface area contributed by atoms with Crippen LogP contribution in [-0.4, -0.2) is 0 Å². The van der Waals surface area contributed by atoms with Crippen LogP contribution < -0.4 is 86.8 Å². The average molecular weight is 363 g/mol. The molecular formula is Cl7CuV-5. The van der Waals surface area contributed by atoms with E-state index in [1.54, 1.807) is 0 Å². The van der Waals surface area contributed by atoms with Crippen molar-refractivity contribution >= 4 is 0 Å². The van der Waals surface area contributed by atoms with Crippen molar-refractivity contribution < 1.29 is 122 Å². The number of hydrogen-bond acceptors (Lipinski definition) is 0. The monoisotopic (exact) mass is 359 g/mol. The second kappa shape index (κ2) is 116. The standard InChI is InChI=1S/7ClH.Cu.V/h7*1H;;/q;;;;;;;+2;/p-7. The topological polar surface area (TPSA) is 0 Å². The molecule has 0 atom stereocenters. The normalized spacial score (nSPS) is 0. The number of rotatable bonds is 0. The third-order valence-electron chi connectivity index (χ3n) is 0. The van der Waals surface area contributed by atoms with Crippen LogP contribution in [0.1, 0.15) is 0 Å². The molecule has 9 heteroatoms. The molecule has 0 unspecified atom stereocenters. The van der Waals surface area contributed by atoms with Crippen LogP contribution in [0.2, 0.25) is 0 Å². The quantitative estimate of drug-likeness (QED) is 0.376. The molecule has 0 spiro atoms. The third-order valence-corrected chi connectivity index (χ3v) is 0. The van der Waals surface area contributed by atoms with Gasteiger partial charge in [-0.2, -0.15) is 0 Å². The van der Waals surface area contributed by atoms with Gasteiger partial charge in [0.15, 0.2) is 0 Å². The molecular weight excluding hydrogens is 363 g/mol. The Balaban J connectivity index is 0. The van der Waals surface area contributed by atoms with Gasteiger partial charge in [0.25, 0.3) is 0 Å². The fourth-order valence-electron chi connectivity index (χ4n) is 0. The van der Waals surface area contributed by atoms with Crippen LogP contribution in [0.25, 0.3) is 0 Å². The first-order valence-corrected chi connectivity index (χ1v) is 0. The zero-order valence-electron chi connectivity index (χ0n) is 3.39. The van der Waals surface area contributed by atoms with Gasteiger partial charge in [-0.25, -0.2) is 0 Å². The summed E-state index contributed by atoms with van der Waals surface area (Å²) in [6.07, 6.45) is 0. The van der Waals surface area contributed by atoms with Crippen LogP contribution in [0.15, 0.2) is 0 Å². The van der Waals surface area contributed by atoms with Gasteiger partial charge in [0.05, 0.1) is 0 Å². The van der Waals surface area contributed by atoms with Gasteiger partial charge in [0.2, 0.25) is 0 Å². The minimum absolute atomic E-state index is 0. The third kappa shape index (κ3) is 94.6. The fraction of sp³-hybridized carbons (Fsp3) is 0. The molecule has 0 fully saturated rings. The molecule has 0 aromatic rings. The van der Waals surface area contributed by atoms with Gasteiger partial charge in [0, 0.05) is 18.6 Å². The summed E-state index contributed by atoms with van der Waals surface area (Å²) in [6.45, 7) is 0. The Morgan fingerprint density at radius 1 is 0.333 bits per heavy atom. The van der Waals surface area contributed by atoms with E-state index in [0.717, 1.165) is 0 Å². The minimum Gasteiger partial charge on any atom is -1.00 e. The zero-order chi connectivity index (χ0) is 0. The first-order valence-electron chi connectivity index (χ1n) is 0. The predicted octanol–water partition coefficient (Wildman–Crippen LogP) is -21.0. The molecule has 0 heterocycles. The van der Waals surface area contributed by atoms with Gasteiger partial charge in [-0.15, -0.1) is 0 Å².